The fourth-order valence-corrected chi connectivity index (χ4v) is 4.46. The van der Waals surface area contributed by atoms with Gasteiger partial charge in [-0.05, 0) is 43.9 Å². The number of hydrogen-bond donors (Lipinski definition) is 2. The van der Waals surface area contributed by atoms with E-state index in [9.17, 15) is 0 Å². The van der Waals surface area contributed by atoms with Crippen LogP contribution in [0.15, 0.2) is 23.2 Å². The summed E-state index contributed by atoms with van der Waals surface area (Å²) in [5.74, 6) is 1.77. The predicted octanol–water partition coefficient (Wildman–Crippen LogP) is 3.89. The lowest BCUT2D eigenvalue weighted by atomic mass is 9.73. The van der Waals surface area contributed by atoms with Crippen molar-refractivity contribution in [3.8, 4) is 5.75 Å². The first-order chi connectivity index (χ1) is 13.2. The molecule has 1 saturated heterocycles. The number of hydrogen-bond acceptors (Lipinski definition) is 3. The van der Waals surface area contributed by atoms with Crippen LogP contribution >= 0.6 is 11.6 Å². The van der Waals surface area contributed by atoms with Gasteiger partial charge < -0.3 is 20.1 Å². The van der Waals surface area contributed by atoms with Crippen LogP contribution in [0.25, 0.3) is 0 Å². The van der Waals surface area contributed by atoms with Crippen LogP contribution in [0.3, 0.4) is 0 Å². The molecule has 1 aromatic rings. The average Bonchev–Trinajstić information content (AvgIpc) is 2.72. The second-order valence-corrected chi connectivity index (χ2v) is 8.08. The molecule has 0 radical (unpaired) electrons. The van der Waals surface area contributed by atoms with E-state index in [4.69, 9.17) is 21.1 Å². The molecule has 3 rings (SSSR count). The number of rotatable bonds is 5. The Morgan fingerprint density at radius 2 is 2.00 bits per heavy atom. The molecule has 0 amide bonds. The molecule has 2 N–H and O–H groups in total. The molecular weight excluding hydrogens is 362 g/mol. The van der Waals surface area contributed by atoms with Crippen LogP contribution < -0.4 is 15.4 Å². The highest BCUT2D eigenvalue weighted by atomic mass is 35.5. The van der Waals surface area contributed by atoms with E-state index in [1.165, 1.54) is 32.1 Å². The summed E-state index contributed by atoms with van der Waals surface area (Å²) in [6.45, 7) is 2.26. The average molecular weight is 394 g/mol. The van der Waals surface area contributed by atoms with Crippen LogP contribution in [-0.2, 0) is 10.2 Å². The van der Waals surface area contributed by atoms with Crippen molar-refractivity contribution in [1.82, 2.24) is 10.6 Å². The molecule has 6 heteroatoms. The number of guanidine groups is 1. The monoisotopic (exact) mass is 393 g/mol. The summed E-state index contributed by atoms with van der Waals surface area (Å²) < 4.78 is 11.3. The first-order valence-electron chi connectivity index (χ1n) is 10.1. The van der Waals surface area contributed by atoms with Gasteiger partial charge in [-0.3, -0.25) is 4.99 Å². The Bertz CT molecular complexity index is 638. The van der Waals surface area contributed by atoms with Crippen molar-refractivity contribution < 1.29 is 9.47 Å². The van der Waals surface area contributed by atoms with Crippen LogP contribution in [-0.4, -0.2) is 45.9 Å². The molecule has 0 bridgehead atoms. The molecule has 0 aromatic heterocycles. The summed E-state index contributed by atoms with van der Waals surface area (Å²) in [5.41, 5.74) is 1.07. The molecule has 27 heavy (non-hydrogen) atoms. The fourth-order valence-electron chi connectivity index (χ4n) is 4.29. The first-order valence-corrected chi connectivity index (χ1v) is 10.4. The predicted molar refractivity (Wildman–Crippen MR) is 111 cm³/mol. The van der Waals surface area contributed by atoms with Gasteiger partial charge in [-0.15, -0.1) is 0 Å². The van der Waals surface area contributed by atoms with E-state index in [1.807, 2.05) is 25.2 Å². The molecule has 150 valence electrons. The SMILES string of the molecule is CN=C(NCC1(c2cc(Cl)ccc2OC)CCOCC1)NC1CCCCC1. The fraction of sp³-hybridized carbons (Fsp3) is 0.667. The van der Waals surface area contributed by atoms with Crippen molar-refractivity contribution in [1.29, 1.82) is 0 Å². The van der Waals surface area contributed by atoms with Crippen LogP contribution in [0, 0.1) is 0 Å². The van der Waals surface area contributed by atoms with E-state index in [-0.39, 0.29) is 5.41 Å². The molecule has 2 fully saturated rings. The minimum atomic E-state index is -0.0846. The third-order valence-corrected chi connectivity index (χ3v) is 6.18. The third kappa shape index (κ3) is 5.08. The van der Waals surface area contributed by atoms with Gasteiger partial charge in [0, 0.05) is 48.8 Å². The lowest BCUT2D eigenvalue weighted by molar-refractivity contribution is 0.0505. The van der Waals surface area contributed by atoms with E-state index in [0.29, 0.717) is 6.04 Å². The molecule has 1 aromatic carbocycles. The van der Waals surface area contributed by atoms with Gasteiger partial charge in [0.05, 0.1) is 7.11 Å². The summed E-state index contributed by atoms with van der Waals surface area (Å²) in [7, 11) is 3.56. The third-order valence-electron chi connectivity index (χ3n) is 5.95. The normalized spacial score (nSPS) is 20.9. The molecule has 1 aliphatic carbocycles. The molecule has 2 aliphatic rings. The van der Waals surface area contributed by atoms with Gasteiger partial charge >= 0.3 is 0 Å². The quantitative estimate of drug-likeness (QED) is 0.588. The highest BCUT2D eigenvalue weighted by Gasteiger charge is 2.37. The molecule has 0 spiro atoms. The van der Waals surface area contributed by atoms with E-state index in [0.717, 1.165) is 54.9 Å². The number of methoxy groups -OCH3 is 1. The molecule has 0 atom stereocenters. The van der Waals surface area contributed by atoms with E-state index >= 15 is 0 Å². The number of nitrogens with zero attached hydrogens (tertiary/aromatic N) is 1. The zero-order valence-electron chi connectivity index (χ0n) is 16.5. The summed E-state index contributed by atoms with van der Waals surface area (Å²) >= 11 is 6.33. The van der Waals surface area contributed by atoms with Crippen molar-refractivity contribution in [2.75, 3.05) is 33.9 Å². The highest BCUT2D eigenvalue weighted by molar-refractivity contribution is 6.30. The van der Waals surface area contributed by atoms with Crippen molar-refractivity contribution in [3.63, 3.8) is 0 Å². The second kappa shape index (κ2) is 9.65. The van der Waals surface area contributed by atoms with E-state index in [1.54, 1.807) is 7.11 Å². The molecular formula is C21H32ClN3O2. The smallest absolute Gasteiger partial charge is 0.191 e. The number of benzene rings is 1. The maximum absolute atomic E-state index is 6.33. The van der Waals surface area contributed by atoms with Gasteiger partial charge in [-0.25, -0.2) is 0 Å². The minimum absolute atomic E-state index is 0.0846. The molecule has 1 heterocycles. The van der Waals surface area contributed by atoms with Gasteiger partial charge in [0.2, 0.25) is 0 Å². The Morgan fingerprint density at radius 1 is 1.26 bits per heavy atom. The van der Waals surface area contributed by atoms with E-state index < -0.39 is 0 Å². The summed E-state index contributed by atoms with van der Waals surface area (Å²) in [4.78, 5) is 4.46. The van der Waals surface area contributed by atoms with Crippen LogP contribution in [0.1, 0.15) is 50.5 Å². The Labute approximate surface area is 167 Å². The Kier molecular flexibility index (Phi) is 7.25. The first kappa shape index (κ1) is 20.3. The molecule has 5 nitrogen and oxygen atoms in total. The van der Waals surface area contributed by atoms with Crippen molar-refractivity contribution in [2.24, 2.45) is 4.99 Å². The summed E-state index contributed by atoms with van der Waals surface area (Å²) in [6, 6.07) is 6.42. The van der Waals surface area contributed by atoms with Crippen molar-refractivity contribution in [2.45, 2.75) is 56.4 Å². The minimum Gasteiger partial charge on any atom is -0.496 e. The topological polar surface area (TPSA) is 54.9 Å². The number of nitrogens with one attached hydrogen (secondary N) is 2. The Hall–Kier alpha value is -1.46. The lowest BCUT2D eigenvalue weighted by Gasteiger charge is -2.39. The van der Waals surface area contributed by atoms with Gasteiger partial charge in [-0.1, -0.05) is 30.9 Å². The largest absolute Gasteiger partial charge is 0.496 e. The van der Waals surface area contributed by atoms with Gasteiger partial charge in [-0.2, -0.15) is 0 Å². The Morgan fingerprint density at radius 3 is 2.67 bits per heavy atom. The maximum Gasteiger partial charge on any atom is 0.191 e. The van der Waals surface area contributed by atoms with Crippen LogP contribution in [0.4, 0.5) is 0 Å². The standard InChI is InChI=1S/C21H32ClN3O2/c1-23-20(25-17-6-4-3-5-7-17)24-15-21(10-12-27-13-11-21)18-14-16(22)8-9-19(18)26-2/h8-9,14,17H,3-7,10-13,15H2,1-2H3,(H2,23,24,25). The summed E-state index contributed by atoms with van der Waals surface area (Å²) in [5, 5.41) is 7.92. The van der Waals surface area contributed by atoms with E-state index in [2.05, 4.69) is 15.6 Å². The van der Waals surface area contributed by atoms with Gasteiger partial charge in [0.25, 0.3) is 0 Å². The highest BCUT2D eigenvalue weighted by Crippen LogP contribution is 2.40. The number of halogens is 1. The van der Waals surface area contributed by atoms with Crippen molar-refractivity contribution >= 4 is 17.6 Å². The zero-order valence-corrected chi connectivity index (χ0v) is 17.3. The second-order valence-electron chi connectivity index (χ2n) is 7.64. The Balaban J connectivity index is 1.75. The number of aliphatic imine (C=N–C) groups is 1. The van der Waals surface area contributed by atoms with Gasteiger partial charge in [0.15, 0.2) is 5.96 Å². The molecule has 1 saturated carbocycles. The zero-order chi connectivity index (χ0) is 19.1. The lowest BCUT2D eigenvalue weighted by Crippen LogP contribution is -2.50. The summed E-state index contributed by atoms with van der Waals surface area (Å²) in [6.07, 6.45) is 8.25. The van der Waals surface area contributed by atoms with Crippen LogP contribution in [0.5, 0.6) is 5.75 Å². The molecule has 0 unspecified atom stereocenters. The molecule has 1 aliphatic heterocycles. The maximum atomic E-state index is 6.33. The van der Waals surface area contributed by atoms with Crippen LogP contribution in [0.2, 0.25) is 5.02 Å². The van der Waals surface area contributed by atoms with Crippen molar-refractivity contribution in [3.05, 3.63) is 28.8 Å². The number of ether oxygens (including phenoxy) is 2. The van der Waals surface area contributed by atoms with Gasteiger partial charge in [0.1, 0.15) is 5.75 Å².